The molecular weight excluding hydrogens is 473 g/mol. The standard InChI is InChI=1S/C21H17Cl2N5O5/c1-25-21(32)28(26-12(9-24)11-29)13-7-15(22)20(16(23)8-13)33-14-5-6-19(31)27(10-14)17-3-2-4-18(17)30/h5-8,10-11,17H,2-4H2,1H3,(H,25,32)/b26-12-. The number of halogens is 2. The number of pyridine rings is 1. The topological polar surface area (TPSA) is 134 Å². The summed E-state index contributed by atoms with van der Waals surface area (Å²) in [6.07, 6.45) is 3.31. The fraction of sp³-hybridized carbons (Fsp3) is 0.238. The second kappa shape index (κ2) is 10.3. The molecule has 1 aromatic heterocycles. The molecule has 0 radical (unpaired) electrons. The Labute approximate surface area is 197 Å². The number of urea groups is 1. The largest absolute Gasteiger partial charge is 0.453 e. The molecule has 1 aliphatic carbocycles. The first-order chi connectivity index (χ1) is 15.8. The molecule has 12 heteroatoms. The number of hydrogen-bond acceptors (Lipinski definition) is 7. The lowest BCUT2D eigenvalue weighted by Crippen LogP contribution is -2.35. The van der Waals surface area contributed by atoms with Crippen molar-refractivity contribution in [3.05, 3.63) is 50.9 Å². The second-order valence-electron chi connectivity index (χ2n) is 6.91. The van der Waals surface area contributed by atoms with E-state index < -0.39 is 17.8 Å². The van der Waals surface area contributed by atoms with Crippen LogP contribution in [0.5, 0.6) is 11.5 Å². The van der Waals surface area contributed by atoms with Crippen LogP contribution >= 0.6 is 23.2 Å². The van der Waals surface area contributed by atoms with Crippen molar-refractivity contribution in [1.29, 1.82) is 5.26 Å². The number of anilines is 1. The van der Waals surface area contributed by atoms with Crippen molar-refractivity contribution in [2.75, 3.05) is 12.1 Å². The summed E-state index contributed by atoms with van der Waals surface area (Å²) in [5, 5.41) is 15.7. The number of benzene rings is 1. The van der Waals surface area contributed by atoms with Crippen LogP contribution in [0.1, 0.15) is 25.3 Å². The number of carbonyl (C=O) groups excluding carboxylic acids is 3. The fourth-order valence-electron chi connectivity index (χ4n) is 3.27. The molecule has 1 aliphatic rings. The van der Waals surface area contributed by atoms with Crippen LogP contribution in [0.2, 0.25) is 10.0 Å². The predicted octanol–water partition coefficient (Wildman–Crippen LogP) is 3.47. The van der Waals surface area contributed by atoms with Gasteiger partial charge in [0.15, 0.2) is 17.8 Å². The summed E-state index contributed by atoms with van der Waals surface area (Å²) >= 11 is 12.7. The number of Topliss-reactive ketones (excluding diaryl/α,β-unsaturated/α-hetero) is 1. The van der Waals surface area contributed by atoms with Gasteiger partial charge in [-0.05, 0) is 31.0 Å². The molecule has 10 nitrogen and oxygen atoms in total. The lowest BCUT2D eigenvalue weighted by Gasteiger charge is -2.19. The highest BCUT2D eigenvalue weighted by molar-refractivity contribution is 6.38. The zero-order valence-electron chi connectivity index (χ0n) is 17.2. The lowest BCUT2D eigenvalue weighted by molar-refractivity contribution is -0.120. The number of aromatic nitrogens is 1. The minimum Gasteiger partial charge on any atom is -0.453 e. The zero-order valence-corrected chi connectivity index (χ0v) is 18.8. The van der Waals surface area contributed by atoms with Crippen LogP contribution in [-0.4, -0.2) is 35.4 Å². The highest BCUT2D eigenvalue weighted by Gasteiger charge is 2.27. The van der Waals surface area contributed by atoms with Crippen LogP contribution in [0.25, 0.3) is 0 Å². The van der Waals surface area contributed by atoms with E-state index in [1.165, 1.54) is 42.1 Å². The Balaban J connectivity index is 1.97. The van der Waals surface area contributed by atoms with Crippen LogP contribution in [0, 0.1) is 11.3 Å². The summed E-state index contributed by atoms with van der Waals surface area (Å²) in [5.41, 5.74) is -0.819. The average molecular weight is 490 g/mol. The second-order valence-corrected chi connectivity index (χ2v) is 7.72. The number of hydrazone groups is 1. The molecule has 1 unspecified atom stereocenters. The van der Waals surface area contributed by atoms with Gasteiger partial charge >= 0.3 is 6.03 Å². The van der Waals surface area contributed by atoms with E-state index in [4.69, 9.17) is 33.2 Å². The number of ketones is 1. The van der Waals surface area contributed by atoms with Gasteiger partial charge in [0.05, 0.1) is 28.0 Å². The Kier molecular flexibility index (Phi) is 7.48. The smallest absolute Gasteiger partial charge is 0.342 e. The van der Waals surface area contributed by atoms with Crippen LogP contribution in [-0.2, 0) is 9.59 Å². The maximum atomic E-state index is 12.2. The first-order valence-corrected chi connectivity index (χ1v) is 10.4. The van der Waals surface area contributed by atoms with E-state index in [-0.39, 0.29) is 44.9 Å². The summed E-state index contributed by atoms with van der Waals surface area (Å²) < 4.78 is 7.10. The van der Waals surface area contributed by atoms with Gasteiger partial charge in [-0.1, -0.05) is 23.2 Å². The van der Waals surface area contributed by atoms with Gasteiger partial charge in [-0.2, -0.15) is 10.3 Å². The molecule has 1 aromatic carbocycles. The summed E-state index contributed by atoms with van der Waals surface area (Å²) in [5.74, 6) is 0.234. The van der Waals surface area contributed by atoms with Crippen molar-refractivity contribution in [2.45, 2.75) is 25.3 Å². The number of nitrogens with one attached hydrogen (secondary N) is 1. The number of amides is 2. The molecule has 0 spiro atoms. The van der Waals surface area contributed by atoms with E-state index in [0.29, 0.717) is 19.3 Å². The van der Waals surface area contributed by atoms with Crippen LogP contribution in [0.15, 0.2) is 40.4 Å². The van der Waals surface area contributed by atoms with E-state index in [0.717, 1.165) is 5.01 Å². The number of ether oxygens (including phenoxy) is 1. The van der Waals surface area contributed by atoms with E-state index >= 15 is 0 Å². The van der Waals surface area contributed by atoms with E-state index in [9.17, 15) is 19.2 Å². The van der Waals surface area contributed by atoms with Crippen molar-refractivity contribution < 1.29 is 19.1 Å². The quantitative estimate of drug-likeness (QED) is 0.375. The van der Waals surface area contributed by atoms with Crippen molar-refractivity contribution in [2.24, 2.45) is 5.10 Å². The monoisotopic (exact) mass is 489 g/mol. The molecule has 33 heavy (non-hydrogen) atoms. The zero-order chi connectivity index (χ0) is 24.1. The average Bonchev–Trinajstić information content (AvgIpc) is 3.23. The van der Waals surface area contributed by atoms with Crippen molar-refractivity contribution in [3.63, 3.8) is 0 Å². The van der Waals surface area contributed by atoms with Crippen molar-refractivity contribution >= 4 is 52.7 Å². The third-order valence-electron chi connectivity index (χ3n) is 4.81. The summed E-state index contributed by atoms with van der Waals surface area (Å²) in [6, 6.07) is 5.57. The Morgan fingerprint density at radius 2 is 2.03 bits per heavy atom. The summed E-state index contributed by atoms with van der Waals surface area (Å²) in [6.45, 7) is 0. The van der Waals surface area contributed by atoms with E-state index in [2.05, 4.69) is 10.4 Å². The number of rotatable bonds is 6. The van der Waals surface area contributed by atoms with Gasteiger partial charge in [0.25, 0.3) is 5.56 Å². The van der Waals surface area contributed by atoms with Gasteiger partial charge in [-0.15, -0.1) is 5.10 Å². The molecule has 0 saturated heterocycles. The van der Waals surface area contributed by atoms with E-state index in [1.807, 2.05) is 0 Å². The van der Waals surface area contributed by atoms with Gasteiger partial charge in [0.2, 0.25) is 5.71 Å². The van der Waals surface area contributed by atoms with Gasteiger partial charge in [-0.3, -0.25) is 14.4 Å². The van der Waals surface area contributed by atoms with Gasteiger partial charge in [0.1, 0.15) is 11.8 Å². The van der Waals surface area contributed by atoms with E-state index in [1.54, 1.807) is 6.07 Å². The van der Waals surface area contributed by atoms with Gasteiger partial charge in [0, 0.05) is 19.5 Å². The Bertz CT molecular complexity index is 1230. The highest BCUT2D eigenvalue weighted by atomic mass is 35.5. The Hall–Kier alpha value is -3.68. The number of carbonyl (C=O) groups is 3. The van der Waals surface area contributed by atoms with Gasteiger partial charge < -0.3 is 14.6 Å². The maximum Gasteiger partial charge on any atom is 0.342 e. The molecule has 1 heterocycles. The summed E-state index contributed by atoms with van der Waals surface area (Å²) in [4.78, 5) is 47.5. The van der Waals surface area contributed by atoms with Crippen LogP contribution in [0.4, 0.5) is 10.5 Å². The highest BCUT2D eigenvalue weighted by Crippen LogP contribution is 2.40. The van der Waals surface area contributed by atoms with Gasteiger partial charge in [-0.25, -0.2) is 4.79 Å². The molecule has 170 valence electrons. The first kappa shape index (κ1) is 24.0. The lowest BCUT2D eigenvalue weighted by atomic mass is 10.2. The summed E-state index contributed by atoms with van der Waals surface area (Å²) in [7, 11) is 1.34. The number of aldehydes is 1. The maximum absolute atomic E-state index is 12.2. The minimum atomic E-state index is -0.751. The van der Waals surface area contributed by atoms with Crippen molar-refractivity contribution in [1.82, 2.24) is 9.88 Å². The molecule has 2 aromatic rings. The molecule has 3 rings (SSSR count). The molecular formula is C21H17Cl2N5O5. The third-order valence-corrected chi connectivity index (χ3v) is 5.37. The minimum absolute atomic E-state index is 0.0130. The van der Waals surface area contributed by atoms with Crippen LogP contribution in [0.3, 0.4) is 0 Å². The SMILES string of the molecule is CNC(=O)N(/N=C(/C#N)C=O)c1cc(Cl)c(Oc2ccc(=O)n(C3CCCC3=O)c2)c(Cl)c1. The molecule has 0 bridgehead atoms. The molecule has 0 aliphatic heterocycles. The third kappa shape index (κ3) is 5.22. The molecule has 1 saturated carbocycles. The number of hydrogen-bond donors (Lipinski definition) is 1. The normalized spacial score (nSPS) is 15.6. The molecule has 2 amide bonds. The Morgan fingerprint density at radius 1 is 1.33 bits per heavy atom. The van der Waals surface area contributed by atoms with Crippen LogP contribution < -0.4 is 20.6 Å². The van der Waals surface area contributed by atoms with Crippen molar-refractivity contribution in [3.8, 4) is 17.6 Å². The molecule has 1 N–H and O–H groups in total. The predicted molar refractivity (Wildman–Crippen MR) is 121 cm³/mol. The fourth-order valence-corrected chi connectivity index (χ4v) is 3.82. The number of nitriles is 1. The first-order valence-electron chi connectivity index (χ1n) is 9.66. The number of nitrogens with zero attached hydrogens (tertiary/aromatic N) is 4. The molecule has 1 atom stereocenters. The molecule has 1 fully saturated rings. The Morgan fingerprint density at radius 3 is 2.58 bits per heavy atom.